The van der Waals surface area contributed by atoms with E-state index in [4.69, 9.17) is 4.52 Å². The predicted octanol–water partition coefficient (Wildman–Crippen LogP) is 6.69. The van der Waals surface area contributed by atoms with E-state index in [0.29, 0.717) is 16.5 Å². The number of carboxylic acid groups (broad SMARTS) is 1. The summed E-state index contributed by atoms with van der Waals surface area (Å²) in [7, 11) is 0. The van der Waals surface area contributed by atoms with Crippen LogP contribution in [0, 0.1) is 5.92 Å². The van der Waals surface area contributed by atoms with Crippen molar-refractivity contribution in [2.24, 2.45) is 5.92 Å². The van der Waals surface area contributed by atoms with Gasteiger partial charge in [-0.05, 0) is 61.2 Å². The first-order valence-electron chi connectivity index (χ1n) is 10.9. The van der Waals surface area contributed by atoms with Crippen LogP contribution < -0.4 is 4.74 Å². The quantitative estimate of drug-likeness (QED) is 0.278. The van der Waals surface area contributed by atoms with Gasteiger partial charge in [-0.2, -0.15) is 4.98 Å². The number of fused-ring (bicyclic) bond motifs is 3. The largest absolute Gasteiger partial charge is 0.573 e. The van der Waals surface area contributed by atoms with Gasteiger partial charge in [-0.3, -0.25) is 4.79 Å². The summed E-state index contributed by atoms with van der Waals surface area (Å²) in [6.45, 7) is 1.88. The second-order valence-electron chi connectivity index (χ2n) is 8.42. The maximum absolute atomic E-state index is 12.6. The van der Waals surface area contributed by atoms with Gasteiger partial charge in [-0.15, -0.1) is 13.2 Å². The van der Waals surface area contributed by atoms with Gasteiger partial charge < -0.3 is 19.4 Å². The molecule has 11 heteroatoms. The minimum Gasteiger partial charge on any atom is -0.481 e. The molecule has 7 nitrogen and oxygen atoms in total. The van der Waals surface area contributed by atoms with Gasteiger partial charge in [0, 0.05) is 38.1 Å². The van der Waals surface area contributed by atoms with Gasteiger partial charge in [0.25, 0.3) is 5.89 Å². The fourth-order valence-electron chi connectivity index (χ4n) is 4.81. The number of halogens is 4. The lowest BCUT2D eigenvalue weighted by atomic mass is 9.88. The summed E-state index contributed by atoms with van der Waals surface area (Å²) >= 11 is 3.17. The molecule has 2 heterocycles. The number of hydrogen-bond acceptors (Lipinski definition) is 5. The lowest BCUT2D eigenvalue weighted by Crippen LogP contribution is -2.20. The van der Waals surface area contributed by atoms with Crippen molar-refractivity contribution < 1.29 is 32.3 Å². The SMILES string of the molecule is CCC(C(=O)O)C1CCc2c1[nH]c1ccc(-c3noc(-c4cc(Br)cc(OC(F)(F)F)c4)n3)cc21. The molecule has 2 unspecified atom stereocenters. The van der Waals surface area contributed by atoms with Crippen LogP contribution in [-0.2, 0) is 11.2 Å². The normalized spacial score (nSPS) is 16.4. The van der Waals surface area contributed by atoms with Crippen LogP contribution in [-0.4, -0.2) is 32.6 Å². The number of aryl methyl sites for hydroxylation is 1. The number of aromatic amines is 1. The molecule has 0 amide bonds. The number of carboxylic acids is 1. The van der Waals surface area contributed by atoms with Crippen LogP contribution in [0.2, 0.25) is 0 Å². The Hall–Kier alpha value is -3.34. The summed E-state index contributed by atoms with van der Waals surface area (Å²) < 4.78 is 47.6. The van der Waals surface area contributed by atoms with Crippen molar-refractivity contribution >= 4 is 32.8 Å². The summed E-state index contributed by atoms with van der Waals surface area (Å²) in [5, 5.41) is 14.6. The monoisotopic (exact) mass is 549 g/mol. The van der Waals surface area contributed by atoms with E-state index in [9.17, 15) is 23.1 Å². The van der Waals surface area contributed by atoms with Crippen molar-refractivity contribution in [2.45, 2.75) is 38.5 Å². The van der Waals surface area contributed by atoms with Crippen LogP contribution in [0.5, 0.6) is 5.75 Å². The number of alkyl halides is 3. The van der Waals surface area contributed by atoms with E-state index in [1.807, 2.05) is 25.1 Å². The zero-order chi connectivity index (χ0) is 24.9. The van der Waals surface area contributed by atoms with Crippen molar-refractivity contribution in [3.8, 4) is 28.6 Å². The van der Waals surface area contributed by atoms with Crippen molar-refractivity contribution in [1.29, 1.82) is 0 Å². The van der Waals surface area contributed by atoms with Crippen LogP contribution in [0.25, 0.3) is 33.7 Å². The first-order chi connectivity index (χ1) is 16.6. The highest BCUT2D eigenvalue weighted by atomic mass is 79.9. The number of hydrogen-bond donors (Lipinski definition) is 2. The Bertz CT molecular complexity index is 1430. The van der Waals surface area contributed by atoms with Gasteiger partial charge in [0.2, 0.25) is 5.82 Å². The first kappa shape index (κ1) is 23.4. The van der Waals surface area contributed by atoms with Gasteiger partial charge in [0.05, 0.1) is 5.92 Å². The maximum atomic E-state index is 12.6. The summed E-state index contributed by atoms with van der Waals surface area (Å²) in [5.41, 5.74) is 3.89. The second-order valence-corrected chi connectivity index (χ2v) is 9.34. The van der Waals surface area contributed by atoms with Crippen molar-refractivity contribution in [3.05, 3.63) is 52.1 Å². The lowest BCUT2D eigenvalue weighted by Gasteiger charge is -2.17. The van der Waals surface area contributed by atoms with E-state index in [1.54, 1.807) is 6.07 Å². The Labute approximate surface area is 205 Å². The van der Waals surface area contributed by atoms with Gasteiger partial charge >= 0.3 is 12.3 Å². The van der Waals surface area contributed by atoms with Crippen LogP contribution in [0.15, 0.2) is 45.4 Å². The Morgan fingerprint density at radius 3 is 2.80 bits per heavy atom. The number of benzene rings is 2. The molecule has 182 valence electrons. The van der Waals surface area contributed by atoms with E-state index >= 15 is 0 Å². The van der Waals surface area contributed by atoms with Crippen molar-refractivity contribution in [1.82, 2.24) is 15.1 Å². The molecule has 0 spiro atoms. The second kappa shape index (κ2) is 8.71. The average Bonchev–Trinajstić information content (AvgIpc) is 3.48. The molecule has 0 bridgehead atoms. The number of aliphatic carboxylic acids is 1. The van der Waals surface area contributed by atoms with Crippen molar-refractivity contribution in [2.75, 3.05) is 0 Å². The number of nitrogens with zero attached hydrogens (tertiary/aromatic N) is 2. The zero-order valence-corrected chi connectivity index (χ0v) is 19.9. The van der Waals surface area contributed by atoms with E-state index in [0.717, 1.165) is 35.0 Å². The van der Waals surface area contributed by atoms with E-state index in [2.05, 4.69) is 35.8 Å². The standard InChI is InChI=1S/C24H19BrF3N3O4/c1-2-15(23(32)33)16-4-5-17-18-9-11(3-6-19(18)29-20(16)17)21-30-22(35-31-21)12-7-13(25)10-14(8-12)34-24(26,27)28/h3,6-10,15-16,29H,2,4-5H2,1H3,(H,32,33). The molecule has 2 aromatic heterocycles. The van der Waals surface area contributed by atoms with Crippen LogP contribution in [0.1, 0.15) is 36.9 Å². The van der Waals surface area contributed by atoms with Crippen LogP contribution >= 0.6 is 15.9 Å². The smallest absolute Gasteiger partial charge is 0.481 e. The first-order valence-corrected chi connectivity index (χ1v) is 11.7. The van der Waals surface area contributed by atoms with Gasteiger partial charge in [-0.1, -0.05) is 28.0 Å². The maximum Gasteiger partial charge on any atom is 0.573 e. The molecule has 35 heavy (non-hydrogen) atoms. The Morgan fingerprint density at radius 1 is 1.29 bits per heavy atom. The summed E-state index contributed by atoms with van der Waals surface area (Å²) in [6.07, 6.45) is -2.74. The number of nitrogens with one attached hydrogen (secondary N) is 1. The minimum atomic E-state index is -4.83. The van der Waals surface area contributed by atoms with Gasteiger partial charge in [-0.25, -0.2) is 0 Å². The Balaban J connectivity index is 1.47. The molecule has 1 aliphatic carbocycles. The number of H-pyrrole nitrogens is 1. The molecule has 2 aromatic carbocycles. The van der Waals surface area contributed by atoms with E-state index in [-0.39, 0.29) is 23.2 Å². The topological polar surface area (TPSA) is 101 Å². The highest BCUT2D eigenvalue weighted by Gasteiger charge is 2.35. The molecule has 2 N–H and O–H groups in total. The highest BCUT2D eigenvalue weighted by molar-refractivity contribution is 9.10. The zero-order valence-electron chi connectivity index (χ0n) is 18.3. The molecule has 5 rings (SSSR count). The number of aromatic nitrogens is 3. The fraction of sp³-hybridized carbons (Fsp3) is 0.292. The van der Waals surface area contributed by atoms with Gasteiger partial charge in [0.1, 0.15) is 5.75 Å². The van der Waals surface area contributed by atoms with Crippen molar-refractivity contribution in [3.63, 3.8) is 0 Å². The molecule has 0 fully saturated rings. The van der Waals surface area contributed by atoms with Crippen LogP contribution in [0.3, 0.4) is 0 Å². The molecular weight excluding hydrogens is 531 g/mol. The molecule has 0 aliphatic heterocycles. The summed E-state index contributed by atoms with van der Waals surface area (Å²) in [5.74, 6) is -1.39. The molecule has 1 aliphatic rings. The van der Waals surface area contributed by atoms with E-state index in [1.165, 1.54) is 12.1 Å². The summed E-state index contributed by atoms with van der Waals surface area (Å²) in [6, 6.07) is 9.52. The Morgan fingerprint density at radius 2 is 2.09 bits per heavy atom. The average molecular weight is 550 g/mol. The third kappa shape index (κ3) is 4.52. The molecule has 0 saturated heterocycles. The lowest BCUT2D eigenvalue weighted by molar-refractivity contribution is -0.274. The number of rotatable bonds is 6. The number of ether oxygens (including phenoxy) is 1. The third-order valence-corrected chi connectivity index (χ3v) is 6.75. The minimum absolute atomic E-state index is 0.0417. The molecule has 4 aromatic rings. The third-order valence-electron chi connectivity index (χ3n) is 6.29. The molecular formula is C24H19BrF3N3O4. The van der Waals surface area contributed by atoms with E-state index < -0.39 is 24.0 Å². The number of carbonyl (C=O) groups is 1. The van der Waals surface area contributed by atoms with Crippen LogP contribution in [0.4, 0.5) is 13.2 Å². The molecule has 0 saturated carbocycles. The molecule has 2 atom stereocenters. The Kier molecular flexibility index (Phi) is 5.82. The molecule has 0 radical (unpaired) electrons. The highest BCUT2D eigenvalue weighted by Crippen LogP contribution is 2.43. The fourth-order valence-corrected chi connectivity index (χ4v) is 5.28. The van der Waals surface area contributed by atoms with Gasteiger partial charge in [0.15, 0.2) is 0 Å². The predicted molar refractivity (Wildman–Crippen MR) is 124 cm³/mol. The summed E-state index contributed by atoms with van der Waals surface area (Å²) in [4.78, 5) is 19.5.